The summed E-state index contributed by atoms with van der Waals surface area (Å²) in [7, 11) is 1.91. The Bertz CT molecular complexity index is 693. The molecule has 1 aliphatic rings. The molecule has 0 unspecified atom stereocenters. The summed E-state index contributed by atoms with van der Waals surface area (Å²) in [6, 6.07) is 6.41. The normalized spacial score (nSPS) is 20.1. The summed E-state index contributed by atoms with van der Waals surface area (Å²) in [4.78, 5) is 10.8. The molecule has 0 amide bonds. The van der Waals surface area contributed by atoms with Crippen molar-refractivity contribution in [3.05, 3.63) is 41.7 Å². The minimum atomic E-state index is -0.668. The van der Waals surface area contributed by atoms with Crippen molar-refractivity contribution in [1.29, 1.82) is 0 Å². The van der Waals surface area contributed by atoms with Gasteiger partial charge < -0.3 is 10.4 Å². The van der Waals surface area contributed by atoms with E-state index < -0.39 is 5.97 Å². The zero-order valence-corrected chi connectivity index (χ0v) is 12.9. The van der Waals surface area contributed by atoms with E-state index in [1.165, 1.54) is 16.7 Å². The molecule has 2 atom stereocenters. The molecule has 1 fully saturated rings. The number of hydrogen-bond donors (Lipinski definition) is 2. The van der Waals surface area contributed by atoms with Crippen LogP contribution >= 0.6 is 0 Å². The molecule has 5 heteroatoms. The topological polar surface area (TPSA) is 67.2 Å². The van der Waals surface area contributed by atoms with E-state index in [1.54, 1.807) is 4.68 Å². The maximum absolute atomic E-state index is 10.8. The van der Waals surface area contributed by atoms with Crippen LogP contribution in [0.3, 0.4) is 0 Å². The van der Waals surface area contributed by atoms with Gasteiger partial charge in [-0.05, 0) is 36.9 Å². The third-order valence-corrected chi connectivity index (χ3v) is 4.24. The first-order chi connectivity index (χ1) is 10.5. The van der Waals surface area contributed by atoms with E-state index in [-0.39, 0.29) is 11.8 Å². The lowest BCUT2D eigenvalue weighted by molar-refractivity contribution is -0.138. The van der Waals surface area contributed by atoms with E-state index in [9.17, 15) is 4.79 Å². The van der Waals surface area contributed by atoms with Gasteiger partial charge in [0.05, 0.1) is 12.1 Å². The van der Waals surface area contributed by atoms with Gasteiger partial charge in [-0.25, -0.2) is 0 Å². The van der Waals surface area contributed by atoms with Crippen LogP contribution in [0.4, 0.5) is 0 Å². The highest BCUT2D eigenvalue weighted by Gasteiger charge is 2.42. The Labute approximate surface area is 130 Å². The number of aliphatic carboxylic acids is 1. The van der Waals surface area contributed by atoms with Gasteiger partial charge in [0, 0.05) is 25.4 Å². The Morgan fingerprint density at radius 1 is 1.50 bits per heavy atom. The fraction of sp³-hybridized carbons (Fsp3) is 0.412. The quantitative estimate of drug-likeness (QED) is 0.858. The van der Waals surface area contributed by atoms with Gasteiger partial charge in [0.15, 0.2) is 0 Å². The van der Waals surface area contributed by atoms with E-state index in [0.717, 1.165) is 25.1 Å². The second kappa shape index (κ2) is 5.93. The second-order valence-corrected chi connectivity index (χ2v) is 6.13. The summed E-state index contributed by atoms with van der Waals surface area (Å²) >= 11 is 0. The summed E-state index contributed by atoms with van der Waals surface area (Å²) < 4.78 is 1.80. The van der Waals surface area contributed by atoms with Crippen molar-refractivity contribution < 1.29 is 9.90 Å². The number of benzene rings is 1. The summed E-state index contributed by atoms with van der Waals surface area (Å²) in [5.74, 6) is -0.536. The van der Waals surface area contributed by atoms with Gasteiger partial charge in [-0.1, -0.05) is 23.8 Å². The minimum Gasteiger partial charge on any atom is -0.481 e. The van der Waals surface area contributed by atoms with Crippen LogP contribution in [0.2, 0.25) is 0 Å². The molecule has 3 rings (SSSR count). The predicted molar refractivity (Wildman–Crippen MR) is 84.3 cm³/mol. The fourth-order valence-electron chi connectivity index (χ4n) is 2.84. The van der Waals surface area contributed by atoms with E-state index in [2.05, 4.69) is 35.5 Å². The first kappa shape index (κ1) is 14.8. The number of carboxylic acids is 1. The second-order valence-electron chi connectivity index (χ2n) is 6.13. The summed E-state index contributed by atoms with van der Waals surface area (Å²) in [5.41, 5.74) is 4.73. The minimum absolute atomic E-state index is 0.150. The SMILES string of the molecule is Cc1ccc(CNC[C@@H]2C[C@@H]2C(=O)O)c(-c2cnn(C)c2)c1. The van der Waals surface area contributed by atoms with Crippen molar-refractivity contribution in [1.82, 2.24) is 15.1 Å². The smallest absolute Gasteiger partial charge is 0.306 e. The lowest BCUT2D eigenvalue weighted by Gasteiger charge is -2.10. The van der Waals surface area contributed by atoms with Crippen LogP contribution in [0, 0.1) is 18.8 Å². The van der Waals surface area contributed by atoms with E-state index in [0.29, 0.717) is 0 Å². The number of carbonyl (C=O) groups is 1. The van der Waals surface area contributed by atoms with Crippen LogP contribution in [0.5, 0.6) is 0 Å². The number of rotatable bonds is 6. The Morgan fingerprint density at radius 3 is 2.95 bits per heavy atom. The van der Waals surface area contributed by atoms with Gasteiger partial charge in [-0.3, -0.25) is 9.48 Å². The molecule has 1 aromatic heterocycles. The molecule has 116 valence electrons. The van der Waals surface area contributed by atoms with Gasteiger partial charge in [-0.2, -0.15) is 5.10 Å². The first-order valence-electron chi connectivity index (χ1n) is 7.56. The van der Waals surface area contributed by atoms with Crippen molar-refractivity contribution in [2.24, 2.45) is 18.9 Å². The third kappa shape index (κ3) is 3.20. The van der Waals surface area contributed by atoms with Crippen molar-refractivity contribution in [3.8, 4) is 11.1 Å². The van der Waals surface area contributed by atoms with Crippen LogP contribution in [0.1, 0.15) is 17.5 Å². The first-order valence-corrected chi connectivity index (χ1v) is 7.56. The maximum atomic E-state index is 10.8. The highest BCUT2D eigenvalue weighted by atomic mass is 16.4. The summed E-state index contributed by atoms with van der Waals surface area (Å²) in [6.07, 6.45) is 4.69. The van der Waals surface area contributed by atoms with Crippen molar-refractivity contribution in [3.63, 3.8) is 0 Å². The van der Waals surface area contributed by atoms with E-state index >= 15 is 0 Å². The lowest BCUT2D eigenvalue weighted by atomic mass is 10.00. The van der Waals surface area contributed by atoms with Crippen LogP contribution in [-0.4, -0.2) is 27.4 Å². The molecule has 0 saturated heterocycles. The van der Waals surface area contributed by atoms with Crippen LogP contribution in [0.25, 0.3) is 11.1 Å². The number of nitrogens with one attached hydrogen (secondary N) is 1. The number of carboxylic acid groups (broad SMARTS) is 1. The number of hydrogen-bond acceptors (Lipinski definition) is 3. The number of aromatic nitrogens is 2. The third-order valence-electron chi connectivity index (χ3n) is 4.24. The van der Waals surface area contributed by atoms with Crippen LogP contribution < -0.4 is 5.32 Å². The molecule has 1 aromatic carbocycles. The number of nitrogens with zero attached hydrogens (tertiary/aromatic N) is 2. The average molecular weight is 299 g/mol. The standard InChI is InChI=1S/C17H21N3O2/c1-11-3-4-12(7-18-8-13-6-16(13)17(21)22)15(5-11)14-9-19-20(2)10-14/h3-5,9-10,13,16,18H,6-8H2,1-2H3,(H,21,22)/t13-,16-/m0/s1. The predicted octanol–water partition coefficient (Wildman–Crippen LogP) is 2.21. The van der Waals surface area contributed by atoms with Crippen LogP contribution in [-0.2, 0) is 18.4 Å². The molecule has 1 aliphatic carbocycles. The van der Waals surface area contributed by atoms with Gasteiger partial charge in [0.1, 0.15) is 0 Å². The molecule has 2 aromatic rings. The van der Waals surface area contributed by atoms with Gasteiger partial charge in [0.2, 0.25) is 0 Å². The fourth-order valence-corrected chi connectivity index (χ4v) is 2.84. The van der Waals surface area contributed by atoms with Crippen molar-refractivity contribution in [2.75, 3.05) is 6.54 Å². The highest BCUT2D eigenvalue weighted by Crippen LogP contribution is 2.38. The number of aryl methyl sites for hydroxylation is 2. The molecule has 0 radical (unpaired) electrons. The molecule has 22 heavy (non-hydrogen) atoms. The van der Waals surface area contributed by atoms with Crippen LogP contribution in [0.15, 0.2) is 30.6 Å². The lowest BCUT2D eigenvalue weighted by Crippen LogP contribution is -2.18. The summed E-state index contributed by atoms with van der Waals surface area (Å²) in [6.45, 7) is 3.59. The average Bonchev–Trinajstić information content (AvgIpc) is 3.13. The molecule has 0 spiro atoms. The largest absolute Gasteiger partial charge is 0.481 e. The van der Waals surface area contributed by atoms with E-state index in [4.69, 9.17) is 5.11 Å². The van der Waals surface area contributed by atoms with Crippen molar-refractivity contribution >= 4 is 5.97 Å². The van der Waals surface area contributed by atoms with Gasteiger partial charge in [0.25, 0.3) is 0 Å². The molecule has 2 N–H and O–H groups in total. The van der Waals surface area contributed by atoms with Gasteiger partial charge >= 0.3 is 5.97 Å². The molecular formula is C17H21N3O2. The Balaban J connectivity index is 1.67. The molecule has 1 saturated carbocycles. The van der Waals surface area contributed by atoms with Crippen molar-refractivity contribution in [2.45, 2.75) is 19.9 Å². The zero-order chi connectivity index (χ0) is 15.7. The Hall–Kier alpha value is -2.14. The monoisotopic (exact) mass is 299 g/mol. The molecule has 0 bridgehead atoms. The maximum Gasteiger partial charge on any atom is 0.306 e. The Morgan fingerprint density at radius 2 is 2.32 bits per heavy atom. The Kier molecular flexibility index (Phi) is 3.98. The summed E-state index contributed by atoms with van der Waals surface area (Å²) in [5, 5.41) is 16.6. The molecule has 0 aliphatic heterocycles. The zero-order valence-electron chi connectivity index (χ0n) is 12.9. The van der Waals surface area contributed by atoms with E-state index in [1.807, 2.05) is 19.4 Å². The highest BCUT2D eigenvalue weighted by molar-refractivity contribution is 5.73. The van der Waals surface area contributed by atoms with Gasteiger partial charge in [-0.15, -0.1) is 0 Å². The molecule has 1 heterocycles. The molecular weight excluding hydrogens is 278 g/mol. The molecule has 5 nitrogen and oxygen atoms in total.